The smallest absolute Gasteiger partial charge is 0.211 e. The van der Waals surface area contributed by atoms with E-state index in [1.165, 1.54) is 28.3 Å². The average molecular weight is 541 g/mol. The topological polar surface area (TPSA) is 73.8 Å². The molecule has 0 amide bonds. The largest absolute Gasteiger partial charge is 0.357 e. The second-order valence-electron chi connectivity index (χ2n) is 6.83. The molecule has 0 saturated heterocycles. The summed E-state index contributed by atoms with van der Waals surface area (Å²) in [5.74, 6) is 0.805. The molecule has 0 atom stereocenters. The number of halogens is 1. The molecule has 2 N–H and O–H groups in total. The number of rotatable bonds is 11. The third-order valence-electron chi connectivity index (χ3n) is 4.45. The summed E-state index contributed by atoms with van der Waals surface area (Å²) in [4.78, 5) is 6.07. The van der Waals surface area contributed by atoms with Crippen LogP contribution in [0.3, 0.4) is 0 Å². The Hall–Kier alpha value is -0.520. The van der Waals surface area contributed by atoms with Crippen LogP contribution in [0.2, 0.25) is 0 Å². The summed E-state index contributed by atoms with van der Waals surface area (Å²) in [6.07, 6.45) is 4.38. The van der Waals surface area contributed by atoms with E-state index in [9.17, 15) is 8.42 Å². The summed E-state index contributed by atoms with van der Waals surface area (Å²) in [5, 5.41) is 6.60. The van der Waals surface area contributed by atoms with Crippen molar-refractivity contribution in [1.29, 1.82) is 0 Å². The number of guanidine groups is 1. The van der Waals surface area contributed by atoms with Crippen LogP contribution >= 0.6 is 35.7 Å². The summed E-state index contributed by atoms with van der Waals surface area (Å²) in [6, 6.07) is 10.5. The number of hydrogen-bond donors (Lipinski definition) is 2. The second-order valence-corrected chi connectivity index (χ2v) is 10.4. The predicted octanol–water partition coefficient (Wildman–Crippen LogP) is 3.16. The molecule has 1 aliphatic carbocycles. The Morgan fingerprint density at radius 1 is 1.21 bits per heavy atom. The highest BCUT2D eigenvalue weighted by molar-refractivity contribution is 14.0. The van der Waals surface area contributed by atoms with Gasteiger partial charge in [-0.15, -0.1) is 35.7 Å². The molecular weight excluding hydrogens is 507 g/mol. The van der Waals surface area contributed by atoms with Crippen molar-refractivity contribution in [2.75, 3.05) is 39.0 Å². The van der Waals surface area contributed by atoms with Crippen LogP contribution in [0.5, 0.6) is 0 Å². The maximum atomic E-state index is 11.6. The number of aliphatic imine (C=N–C) groups is 1. The number of benzene rings is 1. The number of nitrogens with one attached hydrogen (secondary N) is 2. The zero-order valence-corrected chi connectivity index (χ0v) is 20.9. The molecule has 0 aromatic heterocycles. The molecule has 6 nitrogen and oxygen atoms in total. The van der Waals surface area contributed by atoms with Gasteiger partial charge < -0.3 is 10.6 Å². The van der Waals surface area contributed by atoms with Gasteiger partial charge in [-0.05, 0) is 38.3 Å². The molecule has 0 heterocycles. The van der Waals surface area contributed by atoms with Crippen LogP contribution in [0.15, 0.2) is 40.2 Å². The predicted molar refractivity (Wildman–Crippen MR) is 130 cm³/mol. The van der Waals surface area contributed by atoms with E-state index in [4.69, 9.17) is 4.99 Å². The quantitative estimate of drug-likeness (QED) is 0.195. The normalized spacial score (nSPS) is 15.8. The second kappa shape index (κ2) is 12.2. The highest BCUT2D eigenvalue weighted by atomic mass is 127. The van der Waals surface area contributed by atoms with E-state index in [0.717, 1.165) is 25.5 Å². The molecule has 1 aromatic carbocycles. The van der Waals surface area contributed by atoms with Crippen LogP contribution in [0, 0.1) is 0 Å². The summed E-state index contributed by atoms with van der Waals surface area (Å²) < 4.78 is 25.0. The molecule has 1 aromatic rings. The Morgan fingerprint density at radius 2 is 1.89 bits per heavy atom. The van der Waals surface area contributed by atoms with Crippen molar-refractivity contribution in [3.8, 4) is 0 Å². The third-order valence-corrected chi connectivity index (χ3v) is 7.31. The molecule has 28 heavy (non-hydrogen) atoms. The van der Waals surface area contributed by atoms with E-state index in [0.29, 0.717) is 19.6 Å². The van der Waals surface area contributed by atoms with Gasteiger partial charge in [-0.1, -0.05) is 25.1 Å². The molecule has 0 bridgehead atoms. The molecule has 1 saturated carbocycles. The summed E-state index contributed by atoms with van der Waals surface area (Å²) in [7, 11) is -3.12. The highest BCUT2D eigenvalue weighted by Crippen LogP contribution is 2.51. The molecule has 1 fully saturated rings. The minimum Gasteiger partial charge on any atom is -0.357 e. The molecule has 0 radical (unpaired) electrons. The Bertz CT molecular complexity index is 710. The lowest BCUT2D eigenvalue weighted by Gasteiger charge is -2.18. The van der Waals surface area contributed by atoms with E-state index in [1.807, 2.05) is 31.7 Å². The Balaban J connectivity index is 0.00000392. The summed E-state index contributed by atoms with van der Waals surface area (Å²) >= 11 is 1.92. The van der Waals surface area contributed by atoms with Crippen LogP contribution in [-0.2, 0) is 10.0 Å². The van der Waals surface area contributed by atoms with Crippen molar-refractivity contribution in [1.82, 2.24) is 14.9 Å². The molecule has 160 valence electrons. The van der Waals surface area contributed by atoms with Gasteiger partial charge in [0, 0.05) is 35.8 Å². The van der Waals surface area contributed by atoms with E-state index in [2.05, 4.69) is 34.9 Å². The minimum absolute atomic E-state index is 0. The van der Waals surface area contributed by atoms with Gasteiger partial charge in [0.2, 0.25) is 10.0 Å². The van der Waals surface area contributed by atoms with E-state index < -0.39 is 10.0 Å². The van der Waals surface area contributed by atoms with Crippen molar-refractivity contribution in [3.05, 3.63) is 30.3 Å². The standard InChI is InChI=1S/C19H32N4O2S2.HI/c1-4-20-18(21-14-9-15-23(5-2)27(3,24)25)22-16-19(12-13-19)26-17-10-7-6-8-11-17;/h6-8,10-11H,4-5,9,12-16H2,1-3H3,(H2,20,21,22);1H. The molecule has 0 spiro atoms. The van der Waals surface area contributed by atoms with Gasteiger partial charge in [0.1, 0.15) is 0 Å². The molecular formula is C19H33IN4O2S2. The minimum atomic E-state index is -3.12. The monoisotopic (exact) mass is 540 g/mol. The van der Waals surface area contributed by atoms with Crippen LogP contribution in [0.4, 0.5) is 0 Å². The van der Waals surface area contributed by atoms with Gasteiger partial charge in [0.05, 0.1) is 12.8 Å². The first-order valence-corrected chi connectivity index (χ1v) is 12.3. The number of thioether (sulfide) groups is 1. The first-order valence-electron chi connectivity index (χ1n) is 9.60. The van der Waals surface area contributed by atoms with Gasteiger partial charge in [0.25, 0.3) is 0 Å². The van der Waals surface area contributed by atoms with E-state index >= 15 is 0 Å². The maximum absolute atomic E-state index is 11.6. The van der Waals surface area contributed by atoms with E-state index in [1.54, 1.807) is 0 Å². The lowest BCUT2D eigenvalue weighted by Crippen LogP contribution is -2.40. The molecule has 1 aliphatic rings. The first-order chi connectivity index (χ1) is 12.9. The Kier molecular flexibility index (Phi) is 11.2. The van der Waals surface area contributed by atoms with Crippen molar-refractivity contribution in [2.45, 2.75) is 42.8 Å². The van der Waals surface area contributed by atoms with Crippen LogP contribution in [-0.4, -0.2) is 62.4 Å². The zero-order chi connectivity index (χ0) is 19.8. The zero-order valence-electron chi connectivity index (χ0n) is 17.0. The van der Waals surface area contributed by atoms with Gasteiger partial charge in [-0.3, -0.25) is 4.99 Å². The first kappa shape index (κ1) is 25.5. The molecule has 0 aliphatic heterocycles. The SMILES string of the molecule is CCNC(=NCC1(Sc2ccccc2)CC1)NCCCN(CC)S(C)(=O)=O.I. The van der Waals surface area contributed by atoms with Gasteiger partial charge >= 0.3 is 0 Å². The maximum Gasteiger partial charge on any atom is 0.211 e. The molecule has 9 heteroatoms. The van der Waals surface area contributed by atoms with E-state index in [-0.39, 0.29) is 28.7 Å². The summed E-state index contributed by atoms with van der Waals surface area (Å²) in [5.41, 5.74) is 0. The van der Waals surface area contributed by atoms with Crippen molar-refractivity contribution < 1.29 is 8.42 Å². The Morgan fingerprint density at radius 3 is 2.43 bits per heavy atom. The lowest BCUT2D eigenvalue weighted by molar-refractivity contribution is 0.424. The van der Waals surface area contributed by atoms with Gasteiger partial charge in [-0.2, -0.15) is 0 Å². The molecule has 0 unspecified atom stereocenters. The van der Waals surface area contributed by atoms with Crippen LogP contribution in [0.1, 0.15) is 33.1 Å². The molecule has 2 rings (SSSR count). The lowest BCUT2D eigenvalue weighted by atomic mass is 10.4. The number of hydrogen-bond acceptors (Lipinski definition) is 4. The fourth-order valence-electron chi connectivity index (χ4n) is 2.76. The van der Waals surface area contributed by atoms with Crippen molar-refractivity contribution >= 4 is 51.7 Å². The van der Waals surface area contributed by atoms with Gasteiger partial charge in [-0.25, -0.2) is 12.7 Å². The van der Waals surface area contributed by atoms with Crippen LogP contribution in [0.25, 0.3) is 0 Å². The number of nitrogens with zero attached hydrogens (tertiary/aromatic N) is 2. The fourth-order valence-corrected chi connectivity index (χ4v) is 4.91. The average Bonchev–Trinajstić information content (AvgIpc) is 3.39. The van der Waals surface area contributed by atoms with Crippen molar-refractivity contribution in [2.24, 2.45) is 4.99 Å². The summed E-state index contributed by atoms with van der Waals surface area (Å²) in [6.45, 7) is 7.21. The fraction of sp³-hybridized carbons (Fsp3) is 0.632. The number of sulfonamides is 1. The van der Waals surface area contributed by atoms with Gasteiger partial charge in [0.15, 0.2) is 5.96 Å². The van der Waals surface area contributed by atoms with Crippen LogP contribution < -0.4 is 10.6 Å². The Labute approximate surface area is 191 Å². The highest BCUT2D eigenvalue weighted by Gasteiger charge is 2.43. The third kappa shape index (κ3) is 8.87. The van der Waals surface area contributed by atoms with Crippen molar-refractivity contribution in [3.63, 3.8) is 0 Å².